The van der Waals surface area contributed by atoms with Gasteiger partial charge in [0.05, 0.1) is 28.3 Å². The number of aryl methyl sites for hydroxylation is 2. The lowest BCUT2D eigenvalue weighted by molar-refractivity contribution is 0.639. The summed E-state index contributed by atoms with van der Waals surface area (Å²) in [6.07, 6.45) is 5.65. The van der Waals surface area contributed by atoms with Crippen LogP contribution in [0.25, 0.3) is 10.9 Å². The molecule has 1 unspecified atom stereocenters. The molecule has 2 aromatic heterocycles. The van der Waals surface area contributed by atoms with Crippen molar-refractivity contribution in [1.82, 2.24) is 19.6 Å². The highest BCUT2D eigenvalue weighted by molar-refractivity contribution is 5.81. The van der Waals surface area contributed by atoms with E-state index in [9.17, 15) is 4.79 Å². The van der Waals surface area contributed by atoms with E-state index in [0.29, 0.717) is 34.7 Å². The Balaban J connectivity index is 1.90. The molecule has 8 heteroatoms. The molecule has 0 saturated heterocycles. The minimum absolute atomic E-state index is 0.121. The first-order valence-corrected chi connectivity index (χ1v) is 12.0. The average Bonchev–Trinajstić information content (AvgIpc) is 2.87. The fraction of sp³-hybridized carbons (Fsp3) is 0.296. The lowest BCUT2D eigenvalue weighted by atomic mass is 10.0. The van der Waals surface area contributed by atoms with Crippen LogP contribution in [0.2, 0.25) is 0 Å². The molecule has 2 heterocycles. The molecule has 2 aromatic carbocycles. The Morgan fingerprint density at radius 1 is 1.09 bits per heavy atom. The van der Waals surface area contributed by atoms with Crippen LogP contribution in [0.15, 0.2) is 64.6 Å². The van der Waals surface area contributed by atoms with Gasteiger partial charge in [-0.05, 0) is 50.5 Å². The largest absolute Gasteiger partial charge is 0.358 e. The van der Waals surface area contributed by atoms with Gasteiger partial charge in [0.15, 0.2) is 11.6 Å². The van der Waals surface area contributed by atoms with Gasteiger partial charge in [0.25, 0.3) is 5.56 Å². The molecule has 0 aliphatic rings. The topological polar surface area (TPSA) is 97.1 Å². The van der Waals surface area contributed by atoms with Gasteiger partial charge < -0.3 is 5.32 Å². The summed E-state index contributed by atoms with van der Waals surface area (Å²) in [5, 5.41) is 4.11. The predicted octanol–water partition coefficient (Wildman–Crippen LogP) is 5.61. The van der Waals surface area contributed by atoms with Crippen LogP contribution in [0.3, 0.4) is 0 Å². The summed E-state index contributed by atoms with van der Waals surface area (Å²) in [5.74, 6) is 1.17. The summed E-state index contributed by atoms with van der Waals surface area (Å²) < 4.78 is 1.56. The first kappa shape index (κ1) is 24.1. The highest BCUT2D eigenvalue weighted by Crippen LogP contribution is 2.30. The molecule has 0 aliphatic carbocycles. The Hall–Kier alpha value is -4.07. The molecule has 0 aliphatic heterocycles. The predicted molar refractivity (Wildman–Crippen MR) is 143 cm³/mol. The fourth-order valence-corrected chi connectivity index (χ4v) is 4.15. The zero-order valence-corrected chi connectivity index (χ0v) is 20.6. The number of rotatable bonds is 9. The molecule has 4 aromatic rings. The van der Waals surface area contributed by atoms with Gasteiger partial charge in [0.2, 0.25) is 0 Å². The van der Waals surface area contributed by atoms with Crippen LogP contribution in [0.1, 0.15) is 56.7 Å². The van der Waals surface area contributed by atoms with Gasteiger partial charge in [-0.1, -0.05) is 50.6 Å². The second-order valence-corrected chi connectivity index (χ2v) is 8.30. The highest BCUT2D eigenvalue weighted by atomic mass is 16.1. The van der Waals surface area contributed by atoms with Crippen LogP contribution in [0.4, 0.5) is 17.2 Å². The second-order valence-electron chi connectivity index (χ2n) is 8.30. The first-order chi connectivity index (χ1) is 17.1. The summed E-state index contributed by atoms with van der Waals surface area (Å²) in [6, 6.07) is 15.2. The summed E-state index contributed by atoms with van der Waals surface area (Å²) >= 11 is 0. The minimum atomic E-state index is -0.307. The molecule has 0 bridgehead atoms. The Bertz CT molecular complexity index is 1400. The van der Waals surface area contributed by atoms with Gasteiger partial charge in [-0.2, -0.15) is 0 Å². The Labute approximate surface area is 205 Å². The van der Waals surface area contributed by atoms with Crippen molar-refractivity contribution in [2.24, 2.45) is 4.99 Å². The van der Waals surface area contributed by atoms with Crippen molar-refractivity contribution in [2.45, 2.75) is 53.0 Å². The van der Waals surface area contributed by atoms with Gasteiger partial charge in [-0.25, -0.2) is 19.6 Å². The molecular formula is C27H31N7O. The number of benzene rings is 2. The maximum atomic E-state index is 13.9. The van der Waals surface area contributed by atoms with E-state index in [2.05, 4.69) is 32.6 Å². The van der Waals surface area contributed by atoms with Crippen molar-refractivity contribution in [3.05, 3.63) is 82.3 Å². The average molecular weight is 470 g/mol. The number of nitrogens with one attached hydrogen (secondary N) is 2. The van der Waals surface area contributed by atoms with E-state index in [1.54, 1.807) is 10.9 Å². The monoisotopic (exact) mass is 469 g/mol. The summed E-state index contributed by atoms with van der Waals surface area (Å²) in [5.41, 5.74) is 7.10. The smallest absolute Gasteiger partial charge is 0.280 e. The van der Waals surface area contributed by atoms with Crippen molar-refractivity contribution < 1.29 is 0 Å². The normalized spacial score (nSPS) is 12.2. The quantitative estimate of drug-likeness (QED) is 0.309. The Morgan fingerprint density at radius 3 is 2.60 bits per heavy atom. The standard InChI is InChI=1S/C27H31N7O/c1-5-12-19-13-11-16-22-23(19)27(35)34(33-20-14-9-8-10-15-20)26(32-22)21(6-2)31-25-24(28-7-3)18(4)29-17-30-25/h7-11,13-17,21,33H,5-6,12H2,1-4H3,(H,29,30,31). The molecule has 35 heavy (non-hydrogen) atoms. The summed E-state index contributed by atoms with van der Waals surface area (Å²) in [7, 11) is 0. The van der Waals surface area contributed by atoms with Crippen molar-refractivity contribution in [3.63, 3.8) is 0 Å². The number of aliphatic imine (C=N–C) groups is 1. The molecule has 4 rings (SSSR count). The van der Waals surface area contributed by atoms with Gasteiger partial charge >= 0.3 is 0 Å². The Morgan fingerprint density at radius 2 is 1.89 bits per heavy atom. The Kier molecular flexibility index (Phi) is 7.50. The van der Waals surface area contributed by atoms with E-state index in [1.165, 1.54) is 6.33 Å². The third-order valence-corrected chi connectivity index (χ3v) is 5.84. The van der Waals surface area contributed by atoms with Crippen LogP contribution in [0, 0.1) is 6.92 Å². The molecule has 180 valence electrons. The lowest BCUT2D eigenvalue weighted by Crippen LogP contribution is -2.34. The fourth-order valence-electron chi connectivity index (χ4n) is 4.15. The molecule has 0 saturated carbocycles. The molecule has 1 atom stereocenters. The molecule has 0 fully saturated rings. The van der Waals surface area contributed by atoms with E-state index < -0.39 is 0 Å². The summed E-state index contributed by atoms with van der Waals surface area (Å²) in [4.78, 5) is 32.1. The van der Waals surface area contributed by atoms with Crippen molar-refractivity contribution in [2.75, 3.05) is 10.7 Å². The van der Waals surface area contributed by atoms with Crippen LogP contribution < -0.4 is 16.3 Å². The number of para-hydroxylation sites is 1. The zero-order valence-electron chi connectivity index (χ0n) is 20.6. The van der Waals surface area contributed by atoms with Gasteiger partial charge in [0.1, 0.15) is 12.0 Å². The molecule has 0 radical (unpaired) electrons. The van der Waals surface area contributed by atoms with Crippen LogP contribution in [0.5, 0.6) is 0 Å². The highest BCUT2D eigenvalue weighted by Gasteiger charge is 2.22. The van der Waals surface area contributed by atoms with Crippen LogP contribution in [-0.4, -0.2) is 25.8 Å². The minimum Gasteiger partial charge on any atom is -0.358 e. The lowest BCUT2D eigenvalue weighted by Gasteiger charge is -2.23. The maximum absolute atomic E-state index is 13.9. The molecule has 0 amide bonds. The summed E-state index contributed by atoms with van der Waals surface area (Å²) in [6.45, 7) is 7.91. The van der Waals surface area contributed by atoms with E-state index >= 15 is 0 Å². The number of hydrogen-bond donors (Lipinski definition) is 2. The van der Waals surface area contributed by atoms with Crippen molar-refractivity contribution >= 4 is 34.3 Å². The number of hydrogen-bond acceptors (Lipinski definition) is 7. The second kappa shape index (κ2) is 10.9. The molecule has 8 nitrogen and oxygen atoms in total. The van der Waals surface area contributed by atoms with Crippen molar-refractivity contribution in [1.29, 1.82) is 0 Å². The molecule has 2 N–H and O–H groups in total. The van der Waals surface area contributed by atoms with Crippen molar-refractivity contribution in [3.8, 4) is 0 Å². The van der Waals surface area contributed by atoms with Gasteiger partial charge in [0, 0.05) is 6.21 Å². The molecular weight excluding hydrogens is 438 g/mol. The van der Waals surface area contributed by atoms with E-state index in [4.69, 9.17) is 4.98 Å². The zero-order chi connectivity index (χ0) is 24.8. The molecule has 0 spiro atoms. The van der Waals surface area contributed by atoms with Crippen LogP contribution >= 0.6 is 0 Å². The number of anilines is 2. The number of aromatic nitrogens is 4. The maximum Gasteiger partial charge on any atom is 0.280 e. The number of fused-ring (bicyclic) bond motifs is 1. The van der Waals surface area contributed by atoms with E-state index in [-0.39, 0.29) is 11.6 Å². The SMILES string of the molecule is CC=Nc1c(C)ncnc1NC(CC)c1nc2cccc(CCC)c2c(=O)n1Nc1ccccc1. The van der Waals surface area contributed by atoms with E-state index in [0.717, 1.165) is 29.8 Å². The number of nitrogens with zero attached hydrogens (tertiary/aromatic N) is 5. The van der Waals surface area contributed by atoms with E-state index in [1.807, 2.05) is 69.3 Å². The van der Waals surface area contributed by atoms with Gasteiger partial charge in [-0.3, -0.25) is 15.2 Å². The van der Waals surface area contributed by atoms with Crippen LogP contribution in [-0.2, 0) is 6.42 Å². The first-order valence-electron chi connectivity index (χ1n) is 12.0. The third-order valence-electron chi connectivity index (χ3n) is 5.84. The third kappa shape index (κ3) is 5.06. The van der Waals surface area contributed by atoms with Gasteiger partial charge in [-0.15, -0.1) is 0 Å².